The Balaban J connectivity index is 2.45. The number of nitrogens with zero attached hydrogens (tertiary/aromatic N) is 2. The summed E-state index contributed by atoms with van der Waals surface area (Å²) in [5.41, 5.74) is -0.395. The molecule has 0 atom stereocenters. The summed E-state index contributed by atoms with van der Waals surface area (Å²) in [7, 11) is 1.64. The monoisotopic (exact) mass is 258 g/mol. The fraction of sp³-hybridized carbons (Fsp3) is 0.923. The number of aliphatic hydroxyl groups excluding tert-OH is 1. The molecule has 0 aromatic heterocycles. The largest absolute Gasteiger partial charge is 0.395 e. The first-order chi connectivity index (χ1) is 8.48. The van der Waals surface area contributed by atoms with Crippen LogP contribution in [0.1, 0.15) is 26.7 Å². The molecule has 1 aliphatic rings. The van der Waals surface area contributed by atoms with E-state index in [2.05, 4.69) is 4.90 Å². The Morgan fingerprint density at radius 3 is 2.61 bits per heavy atom. The van der Waals surface area contributed by atoms with Crippen molar-refractivity contribution in [2.24, 2.45) is 0 Å². The SMILES string of the molecule is COC(C)(C)CC(=O)N1CCCN(CCO)CC1. The third-order valence-electron chi connectivity index (χ3n) is 3.49. The lowest BCUT2D eigenvalue weighted by molar-refractivity contribution is -0.136. The van der Waals surface area contributed by atoms with Crippen LogP contribution in [-0.2, 0) is 9.53 Å². The van der Waals surface area contributed by atoms with Crippen LogP contribution in [0.2, 0.25) is 0 Å². The summed E-state index contributed by atoms with van der Waals surface area (Å²) >= 11 is 0. The molecule has 0 aliphatic carbocycles. The summed E-state index contributed by atoms with van der Waals surface area (Å²) in [6, 6.07) is 0. The van der Waals surface area contributed by atoms with Gasteiger partial charge < -0.3 is 14.7 Å². The molecular weight excluding hydrogens is 232 g/mol. The Kier molecular flexibility index (Phi) is 6.05. The molecular formula is C13H26N2O3. The van der Waals surface area contributed by atoms with Crippen LogP contribution in [0, 0.1) is 0 Å². The van der Waals surface area contributed by atoms with Crippen molar-refractivity contribution in [2.75, 3.05) is 46.4 Å². The quantitative estimate of drug-likeness (QED) is 0.772. The van der Waals surface area contributed by atoms with E-state index in [9.17, 15) is 4.79 Å². The zero-order chi connectivity index (χ0) is 13.6. The Morgan fingerprint density at radius 1 is 1.28 bits per heavy atom. The first kappa shape index (κ1) is 15.4. The molecule has 0 saturated carbocycles. The number of carbonyl (C=O) groups is 1. The van der Waals surface area contributed by atoms with E-state index in [1.54, 1.807) is 7.11 Å². The minimum absolute atomic E-state index is 0.160. The molecule has 1 rings (SSSR count). The zero-order valence-electron chi connectivity index (χ0n) is 11.8. The predicted octanol–water partition coefficient (Wildman–Crippen LogP) is 0.328. The second-order valence-electron chi connectivity index (χ2n) is 5.44. The Bertz CT molecular complexity index is 269. The van der Waals surface area contributed by atoms with Crippen LogP contribution in [0.15, 0.2) is 0 Å². The summed E-state index contributed by atoms with van der Waals surface area (Å²) in [6.07, 6.45) is 1.39. The van der Waals surface area contributed by atoms with Crippen LogP contribution in [-0.4, -0.2) is 72.9 Å². The molecule has 5 nitrogen and oxygen atoms in total. The van der Waals surface area contributed by atoms with E-state index in [0.29, 0.717) is 13.0 Å². The smallest absolute Gasteiger partial charge is 0.225 e. The highest BCUT2D eigenvalue weighted by atomic mass is 16.5. The van der Waals surface area contributed by atoms with E-state index < -0.39 is 5.60 Å². The third kappa shape index (κ3) is 4.92. The van der Waals surface area contributed by atoms with E-state index in [0.717, 1.165) is 32.6 Å². The van der Waals surface area contributed by atoms with E-state index in [1.807, 2.05) is 18.7 Å². The van der Waals surface area contributed by atoms with Gasteiger partial charge in [-0.15, -0.1) is 0 Å². The van der Waals surface area contributed by atoms with Crippen LogP contribution in [0.5, 0.6) is 0 Å². The van der Waals surface area contributed by atoms with Crippen molar-refractivity contribution < 1.29 is 14.6 Å². The summed E-state index contributed by atoms with van der Waals surface area (Å²) in [5.74, 6) is 0.160. The number of methoxy groups -OCH3 is 1. The molecule has 1 fully saturated rings. The van der Waals surface area contributed by atoms with Gasteiger partial charge >= 0.3 is 0 Å². The maximum absolute atomic E-state index is 12.2. The molecule has 1 heterocycles. The van der Waals surface area contributed by atoms with Crippen LogP contribution >= 0.6 is 0 Å². The van der Waals surface area contributed by atoms with Gasteiger partial charge in [-0.2, -0.15) is 0 Å². The molecule has 0 aromatic rings. The van der Waals surface area contributed by atoms with Crippen LogP contribution in [0.4, 0.5) is 0 Å². The van der Waals surface area contributed by atoms with Crippen LogP contribution in [0.25, 0.3) is 0 Å². The van der Waals surface area contributed by atoms with Crippen molar-refractivity contribution in [3.8, 4) is 0 Å². The fourth-order valence-corrected chi connectivity index (χ4v) is 2.13. The topological polar surface area (TPSA) is 53.0 Å². The lowest BCUT2D eigenvalue weighted by Crippen LogP contribution is -2.39. The van der Waals surface area contributed by atoms with Gasteiger partial charge in [0.15, 0.2) is 0 Å². The van der Waals surface area contributed by atoms with Crippen LogP contribution in [0.3, 0.4) is 0 Å². The lowest BCUT2D eigenvalue weighted by atomic mass is 10.0. The average Bonchev–Trinajstić information content (AvgIpc) is 2.55. The molecule has 0 aromatic carbocycles. The number of aliphatic hydroxyl groups is 1. The van der Waals surface area contributed by atoms with Crippen molar-refractivity contribution in [1.82, 2.24) is 9.80 Å². The predicted molar refractivity (Wildman–Crippen MR) is 70.4 cm³/mol. The lowest BCUT2D eigenvalue weighted by Gasteiger charge is -2.27. The summed E-state index contributed by atoms with van der Waals surface area (Å²) in [4.78, 5) is 16.3. The molecule has 1 N–H and O–H groups in total. The van der Waals surface area contributed by atoms with Crippen molar-refractivity contribution in [1.29, 1.82) is 0 Å². The number of hydrogen-bond acceptors (Lipinski definition) is 4. The molecule has 18 heavy (non-hydrogen) atoms. The van der Waals surface area contributed by atoms with Gasteiger partial charge in [0.25, 0.3) is 0 Å². The highest BCUT2D eigenvalue weighted by molar-refractivity contribution is 5.77. The Hall–Kier alpha value is -0.650. The van der Waals surface area contributed by atoms with Crippen molar-refractivity contribution in [3.63, 3.8) is 0 Å². The Morgan fingerprint density at radius 2 is 2.00 bits per heavy atom. The van der Waals surface area contributed by atoms with Crippen molar-refractivity contribution in [3.05, 3.63) is 0 Å². The second-order valence-corrected chi connectivity index (χ2v) is 5.44. The summed E-state index contributed by atoms with van der Waals surface area (Å²) in [5, 5.41) is 8.93. The van der Waals surface area contributed by atoms with Gasteiger partial charge in [0, 0.05) is 33.3 Å². The highest BCUT2D eigenvalue weighted by Gasteiger charge is 2.26. The van der Waals surface area contributed by atoms with Crippen LogP contribution < -0.4 is 0 Å². The normalized spacial score (nSPS) is 18.8. The summed E-state index contributed by atoms with van der Waals surface area (Å²) < 4.78 is 5.30. The van der Waals surface area contributed by atoms with Gasteiger partial charge in [-0.3, -0.25) is 9.69 Å². The standard InChI is InChI=1S/C13H26N2O3/c1-13(2,18-3)11-12(17)15-6-4-5-14(7-8-15)9-10-16/h16H,4-11H2,1-3H3. The summed E-state index contributed by atoms with van der Waals surface area (Å²) in [6.45, 7) is 8.11. The molecule has 0 spiro atoms. The Labute approximate surface area is 110 Å². The number of hydrogen-bond donors (Lipinski definition) is 1. The molecule has 1 aliphatic heterocycles. The molecule has 1 amide bonds. The first-order valence-corrected chi connectivity index (χ1v) is 6.64. The molecule has 106 valence electrons. The zero-order valence-corrected chi connectivity index (χ0v) is 11.8. The fourth-order valence-electron chi connectivity index (χ4n) is 2.13. The molecule has 1 saturated heterocycles. The van der Waals surface area contributed by atoms with Gasteiger partial charge in [-0.05, 0) is 26.8 Å². The molecule has 0 radical (unpaired) electrons. The number of β-amino-alcohol motifs (C(OH)–C–C–N with tert-alkyl or cyclic N) is 1. The van der Waals surface area contributed by atoms with E-state index in [1.165, 1.54) is 0 Å². The minimum Gasteiger partial charge on any atom is -0.395 e. The van der Waals surface area contributed by atoms with E-state index in [4.69, 9.17) is 9.84 Å². The van der Waals surface area contributed by atoms with Crippen molar-refractivity contribution >= 4 is 5.91 Å². The maximum atomic E-state index is 12.2. The van der Waals surface area contributed by atoms with Gasteiger partial charge in [-0.1, -0.05) is 0 Å². The number of amides is 1. The minimum atomic E-state index is -0.395. The molecule has 0 bridgehead atoms. The second kappa shape index (κ2) is 7.07. The van der Waals surface area contributed by atoms with Gasteiger partial charge in [0.05, 0.1) is 18.6 Å². The van der Waals surface area contributed by atoms with E-state index in [-0.39, 0.29) is 12.5 Å². The van der Waals surface area contributed by atoms with Gasteiger partial charge in [-0.25, -0.2) is 0 Å². The first-order valence-electron chi connectivity index (χ1n) is 6.64. The molecule has 5 heteroatoms. The number of rotatable bonds is 5. The number of ether oxygens (including phenoxy) is 1. The van der Waals surface area contributed by atoms with Gasteiger partial charge in [0.2, 0.25) is 5.91 Å². The number of carbonyl (C=O) groups excluding carboxylic acids is 1. The van der Waals surface area contributed by atoms with Crippen molar-refractivity contribution in [2.45, 2.75) is 32.3 Å². The van der Waals surface area contributed by atoms with Gasteiger partial charge in [0.1, 0.15) is 0 Å². The highest BCUT2D eigenvalue weighted by Crippen LogP contribution is 2.15. The third-order valence-corrected chi connectivity index (χ3v) is 3.49. The average molecular weight is 258 g/mol. The van der Waals surface area contributed by atoms with E-state index >= 15 is 0 Å². The molecule has 0 unspecified atom stereocenters. The maximum Gasteiger partial charge on any atom is 0.225 e.